The van der Waals surface area contributed by atoms with Crippen LogP contribution in [0.3, 0.4) is 0 Å². The molecule has 1 heterocycles. The zero-order valence-electron chi connectivity index (χ0n) is 14.6. The molecule has 1 aliphatic heterocycles. The fourth-order valence-electron chi connectivity index (χ4n) is 2.78. The van der Waals surface area contributed by atoms with Crippen LogP contribution in [0.25, 0.3) is 0 Å². The number of carbonyl (C=O) groups excluding carboxylic acids is 1. The maximum absolute atomic E-state index is 12.5. The number of hydrogen-bond donors (Lipinski definition) is 2. The van der Waals surface area contributed by atoms with E-state index in [4.69, 9.17) is 10.5 Å². The summed E-state index contributed by atoms with van der Waals surface area (Å²) in [6.07, 6.45) is 1.49. The van der Waals surface area contributed by atoms with Crippen LogP contribution >= 0.6 is 0 Å². The Morgan fingerprint density at radius 2 is 2.08 bits per heavy atom. The smallest absolute Gasteiger partial charge is 0.266 e. The van der Waals surface area contributed by atoms with Gasteiger partial charge in [-0.2, -0.15) is 5.26 Å². The lowest BCUT2D eigenvalue weighted by Crippen LogP contribution is -2.50. The summed E-state index contributed by atoms with van der Waals surface area (Å²) < 4.78 is 5.29. The first-order valence-corrected chi connectivity index (χ1v) is 8.36. The van der Waals surface area contributed by atoms with Crippen molar-refractivity contribution in [2.75, 3.05) is 46.4 Å². The molecule has 1 aliphatic rings. The van der Waals surface area contributed by atoms with Crippen LogP contribution in [0.15, 0.2) is 36.0 Å². The van der Waals surface area contributed by atoms with Gasteiger partial charge in [-0.25, -0.2) is 0 Å². The summed E-state index contributed by atoms with van der Waals surface area (Å²) in [5.41, 5.74) is 6.63. The van der Waals surface area contributed by atoms with E-state index in [0.29, 0.717) is 26.2 Å². The number of amides is 1. The van der Waals surface area contributed by atoms with Gasteiger partial charge >= 0.3 is 0 Å². The van der Waals surface area contributed by atoms with Gasteiger partial charge < -0.3 is 20.7 Å². The number of para-hydroxylation sites is 1. The number of nitrogens with two attached hydrogens (primary N) is 1. The topological polar surface area (TPSA) is 94.6 Å². The highest BCUT2D eigenvalue weighted by molar-refractivity contribution is 5.97. The first-order chi connectivity index (χ1) is 12.2. The molecule has 1 saturated heterocycles. The largest absolute Gasteiger partial charge is 0.496 e. The summed E-state index contributed by atoms with van der Waals surface area (Å²) in [5.74, 6) is 0.534. The molecule has 0 spiro atoms. The Balaban J connectivity index is 1.91. The van der Waals surface area contributed by atoms with Gasteiger partial charge in [-0.3, -0.25) is 9.69 Å². The molecular formula is C18H25N5O2. The van der Waals surface area contributed by atoms with Crippen molar-refractivity contribution in [2.24, 2.45) is 5.73 Å². The predicted octanol–water partition coefficient (Wildman–Crippen LogP) is 0.295. The van der Waals surface area contributed by atoms with Crippen molar-refractivity contribution >= 4 is 5.91 Å². The van der Waals surface area contributed by atoms with Gasteiger partial charge in [-0.05, 0) is 6.07 Å². The summed E-state index contributed by atoms with van der Waals surface area (Å²) in [6.45, 7) is 4.74. The van der Waals surface area contributed by atoms with Gasteiger partial charge in [0, 0.05) is 57.6 Å². The van der Waals surface area contributed by atoms with E-state index in [1.54, 1.807) is 12.0 Å². The molecule has 0 aliphatic carbocycles. The van der Waals surface area contributed by atoms with Gasteiger partial charge in [0.25, 0.3) is 5.91 Å². The number of hydrogen-bond acceptors (Lipinski definition) is 6. The van der Waals surface area contributed by atoms with Crippen LogP contribution in [-0.2, 0) is 11.3 Å². The van der Waals surface area contributed by atoms with E-state index in [-0.39, 0.29) is 11.5 Å². The minimum atomic E-state index is -0.234. The minimum absolute atomic E-state index is 0.113. The Labute approximate surface area is 148 Å². The van der Waals surface area contributed by atoms with E-state index in [9.17, 15) is 10.1 Å². The van der Waals surface area contributed by atoms with E-state index >= 15 is 0 Å². The number of ether oxygens (including phenoxy) is 1. The second-order valence-electron chi connectivity index (χ2n) is 5.79. The fourth-order valence-corrected chi connectivity index (χ4v) is 2.78. The molecule has 0 atom stereocenters. The normalized spacial score (nSPS) is 15.6. The lowest BCUT2D eigenvalue weighted by atomic mass is 10.2. The third kappa shape index (κ3) is 5.21. The molecule has 7 nitrogen and oxygen atoms in total. The first-order valence-electron chi connectivity index (χ1n) is 8.36. The van der Waals surface area contributed by atoms with Gasteiger partial charge in [0.15, 0.2) is 0 Å². The molecule has 0 unspecified atom stereocenters. The highest BCUT2D eigenvalue weighted by atomic mass is 16.5. The molecule has 134 valence electrons. The number of piperazine rings is 1. The van der Waals surface area contributed by atoms with E-state index in [0.717, 1.165) is 30.9 Å². The van der Waals surface area contributed by atoms with Crippen molar-refractivity contribution in [2.45, 2.75) is 6.54 Å². The van der Waals surface area contributed by atoms with Gasteiger partial charge in [0.05, 0.1) is 7.11 Å². The second-order valence-corrected chi connectivity index (χ2v) is 5.79. The molecule has 0 aromatic heterocycles. The highest BCUT2D eigenvalue weighted by Gasteiger charge is 2.23. The molecule has 2 rings (SSSR count). The zero-order chi connectivity index (χ0) is 18.1. The number of benzene rings is 1. The lowest BCUT2D eigenvalue weighted by molar-refractivity contribution is -0.128. The number of methoxy groups -OCH3 is 1. The van der Waals surface area contributed by atoms with Crippen molar-refractivity contribution in [3.63, 3.8) is 0 Å². The molecule has 3 N–H and O–H groups in total. The number of nitriles is 1. The molecule has 1 aromatic carbocycles. The maximum atomic E-state index is 12.5. The third-order valence-corrected chi connectivity index (χ3v) is 4.19. The van der Waals surface area contributed by atoms with Crippen LogP contribution in [0.2, 0.25) is 0 Å². The van der Waals surface area contributed by atoms with Gasteiger partial charge in [0.1, 0.15) is 17.4 Å². The molecule has 25 heavy (non-hydrogen) atoms. The van der Waals surface area contributed by atoms with Crippen molar-refractivity contribution in [3.8, 4) is 11.8 Å². The Kier molecular flexibility index (Phi) is 7.26. The monoisotopic (exact) mass is 343 g/mol. The van der Waals surface area contributed by atoms with Crippen molar-refractivity contribution in [3.05, 3.63) is 41.6 Å². The molecule has 1 fully saturated rings. The quantitative estimate of drug-likeness (QED) is 0.546. The van der Waals surface area contributed by atoms with E-state index < -0.39 is 0 Å². The highest BCUT2D eigenvalue weighted by Crippen LogP contribution is 2.16. The average Bonchev–Trinajstić information content (AvgIpc) is 2.66. The average molecular weight is 343 g/mol. The molecule has 0 radical (unpaired) electrons. The van der Waals surface area contributed by atoms with Crippen molar-refractivity contribution in [1.82, 2.24) is 15.1 Å². The van der Waals surface area contributed by atoms with Crippen LogP contribution < -0.4 is 15.8 Å². The van der Waals surface area contributed by atoms with Crippen molar-refractivity contribution < 1.29 is 9.53 Å². The number of nitrogens with zero attached hydrogens (tertiary/aromatic N) is 3. The first kappa shape index (κ1) is 18.8. The zero-order valence-corrected chi connectivity index (χ0v) is 14.6. The standard InChI is InChI=1S/C18H25N5O2/c1-25-17-5-3-2-4-15(17)13-21-14-16(12-20)18(24)23-10-8-22(7-6-19)9-11-23/h2-5,14,21H,6-11,13,19H2,1H3/b16-14-. The number of carbonyl (C=O) groups is 1. The van der Waals surface area contributed by atoms with E-state index in [1.165, 1.54) is 6.20 Å². The maximum Gasteiger partial charge on any atom is 0.266 e. The molecule has 1 amide bonds. The van der Waals surface area contributed by atoms with Crippen molar-refractivity contribution in [1.29, 1.82) is 5.26 Å². The van der Waals surface area contributed by atoms with Crippen LogP contribution in [0, 0.1) is 11.3 Å². The summed E-state index contributed by atoms with van der Waals surface area (Å²) in [5, 5.41) is 12.3. The summed E-state index contributed by atoms with van der Waals surface area (Å²) >= 11 is 0. The van der Waals surface area contributed by atoms with Gasteiger partial charge in [-0.1, -0.05) is 18.2 Å². The summed E-state index contributed by atoms with van der Waals surface area (Å²) in [6, 6.07) is 9.61. The molecule has 1 aromatic rings. The third-order valence-electron chi connectivity index (χ3n) is 4.19. The van der Waals surface area contributed by atoms with Gasteiger partial charge in [0.2, 0.25) is 0 Å². The molecule has 0 bridgehead atoms. The van der Waals surface area contributed by atoms with Gasteiger partial charge in [-0.15, -0.1) is 0 Å². The summed E-state index contributed by atoms with van der Waals surface area (Å²) in [4.78, 5) is 16.4. The Bertz CT molecular complexity index is 645. The Morgan fingerprint density at radius 1 is 1.36 bits per heavy atom. The summed E-state index contributed by atoms with van der Waals surface area (Å²) in [7, 11) is 1.61. The minimum Gasteiger partial charge on any atom is -0.496 e. The Hall–Kier alpha value is -2.56. The number of nitrogens with one attached hydrogen (secondary N) is 1. The van der Waals surface area contributed by atoms with Crippen LogP contribution in [0.1, 0.15) is 5.56 Å². The number of rotatable bonds is 7. The fraction of sp³-hybridized carbons (Fsp3) is 0.444. The van der Waals surface area contributed by atoms with Crippen LogP contribution in [0.4, 0.5) is 0 Å². The predicted molar refractivity (Wildman–Crippen MR) is 95.6 cm³/mol. The van der Waals surface area contributed by atoms with E-state index in [1.807, 2.05) is 30.3 Å². The van der Waals surface area contributed by atoms with Crippen LogP contribution in [-0.4, -0.2) is 62.1 Å². The van der Waals surface area contributed by atoms with E-state index in [2.05, 4.69) is 10.2 Å². The lowest BCUT2D eigenvalue weighted by Gasteiger charge is -2.34. The molecular weight excluding hydrogens is 318 g/mol. The molecule has 0 saturated carbocycles. The second kappa shape index (κ2) is 9.67. The SMILES string of the molecule is COc1ccccc1CN/C=C(/C#N)C(=O)N1CCN(CCN)CC1. The molecule has 7 heteroatoms. The Morgan fingerprint density at radius 3 is 2.72 bits per heavy atom. The van der Waals surface area contributed by atoms with Crippen LogP contribution in [0.5, 0.6) is 5.75 Å².